The molecular weight excluding hydrogens is 599 g/mol. The molecule has 5 nitrogen and oxygen atoms in total. The Labute approximate surface area is 269 Å². The van der Waals surface area contributed by atoms with Gasteiger partial charge in [0.15, 0.2) is 5.82 Å². The molecule has 216 valence electrons. The predicted molar refractivity (Wildman–Crippen MR) is 185 cm³/mol. The molecule has 0 aliphatic heterocycles. The SMILES string of the molecule is O=C(Nc1ccc2nc(-c3ccc4ccccc4c3)nc(Nc3ccc4c(c3)Cc3ccccc3-4)c2c1)c1ccc(Cl)c(Cl)c1. The molecule has 0 bridgehead atoms. The fraction of sp³-hybridized carbons (Fsp3) is 0.0263. The average molecular weight is 624 g/mol. The van der Waals surface area contributed by atoms with Crippen LogP contribution >= 0.6 is 23.2 Å². The van der Waals surface area contributed by atoms with Crippen LogP contribution in [-0.2, 0) is 6.42 Å². The molecule has 0 unspecified atom stereocenters. The van der Waals surface area contributed by atoms with Crippen LogP contribution in [0.4, 0.5) is 17.2 Å². The van der Waals surface area contributed by atoms with Crippen LogP contribution in [0.1, 0.15) is 21.5 Å². The lowest BCUT2D eigenvalue weighted by Gasteiger charge is -2.14. The summed E-state index contributed by atoms with van der Waals surface area (Å²) in [5, 5.41) is 10.3. The second-order valence-corrected chi connectivity index (χ2v) is 11.9. The number of hydrogen-bond donors (Lipinski definition) is 2. The molecule has 7 heteroatoms. The first-order chi connectivity index (χ1) is 22.0. The number of benzene rings is 6. The zero-order chi connectivity index (χ0) is 30.5. The first-order valence-corrected chi connectivity index (χ1v) is 15.3. The van der Waals surface area contributed by atoms with E-state index in [2.05, 4.69) is 77.4 Å². The number of carbonyl (C=O) groups is 1. The zero-order valence-electron chi connectivity index (χ0n) is 23.8. The van der Waals surface area contributed by atoms with Crippen molar-refractivity contribution in [1.29, 1.82) is 0 Å². The molecule has 2 N–H and O–H groups in total. The molecule has 1 heterocycles. The number of halogens is 2. The number of aromatic nitrogens is 2. The largest absolute Gasteiger partial charge is 0.340 e. The van der Waals surface area contributed by atoms with Crippen molar-refractivity contribution in [1.82, 2.24) is 9.97 Å². The Kier molecular flexibility index (Phi) is 6.71. The second kappa shape index (κ2) is 11.0. The monoisotopic (exact) mass is 622 g/mol. The van der Waals surface area contributed by atoms with Crippen molar-refractivity contribution < 1.29 is 4.79 Å². The second-order valence-electron chi connectivity index (χ2n) is 11.1. The van der Waals surface area contributed by atoms with Crippen molar-refractivity contribution >= 4 is 68.0 Å². The van der Waals surface area contributed by atoms with Gasteiger partial charge in [-0.2, -0.15) is 0 Å². The molecule has 7 aromatic rings. The van der Waals surface area contributed by atoms with Crippen LogP contribution in [0.15, 0.2) is 121 Å². The summed E-state index contributed by atoms with van der Waals surface area (Å²) < 4.78 is 0. The number of nitrogens with one attached hydrogen (secondary N) is 2. The molecule has 45 heavy (non-hydrogen) atoms. The highest BCUT2D eigenvalue weighted by molar-refractivity contribution is 6.42. The zero-order valence-corrected chi connectivity index (χ0v) is 25.3. The predicted octanol–water partition coefficient (Wildman–Crippen LogP) is 10.3. The maximum Gasteiger partial charge on any atom is 0.255 e. The molecule has 0 saturated carbocycles. The fourth-order valence-electron chi connectivity index (χ4n) is 5.96. The molecule has 0 atom stereocenters. The van der Waals surface area contributed by atoms with Gasteiger partial charge in [-0.3, -0.25) is 4.79 Å². The summed E-state index contributed by atoms with van der Waals surface area (Å²) in [5.41, 5.74) is 8.74. The van der Waals surface area contributed by atoms with E-state index in [1.807, 2.05) is 36.4 Å². The smallest absolute Gasteiger partial charge is 0.255 e. The van der Waals surface area contributed by atoms with Crippen molar-refractivity contribution in [2.75, 3.05) is 10.6 Å². The lowest BCUT2D eigenvalue weighted by Crippen LogP contribution is -2.12. The van der Waals surface area contributed by atoms with Crippen molar-refractivity contribution in [3.05, 3.63) is 148 Å². The van der Waals surface area contributed by atoms with Crippen LogP contribution in [0.25, 0.3) is 44.2 Å². The van der Waals surface area contributed by atoms with Crippen LogP contribution in [0.2, 0.25) is 10.0 Å². The summed E-state index contributed by atoms with van der Waals surface area (Å²) in [6.45, 7) is 0. The summed E-state index contributed by atoms with van der Waals surface area (Å²) in [7, 11) is 0. The minimum atomic E-state index is -0.297. The number of rotatable bonds is 5. The van der Waals surface area contributed by atoms with Gasteiger partial charge in [-0.25, -0.2) is 9.97 Å². The minimum absolute atomic E-state index is 0.297. The van der Waals surface area contributed by atoms with Crippen molar-refractivity contribution in [2.24, 2.45) is 0 Å². The lowest BCUT2D eigenvalue weighted by atomic mass is 10.1. The maximum absolute atomic E-state index is 13.1. The van der Waals surface area contributed by atoms with Gasteiger partial charge in [0.1, 0.15) is 5.82 Å². The number of carbonyl (C=O) groups excluding carboxylic acids is 1. The van der Waals surface area contributed by atoms with E-state index in [4.69, 9.17) is 33.2 Å². The molecule has 1 aromatic heterocycles. The fourth-order valence-corrected chi connectivity index (χ4v) is 6.26. The van der Waals surface area contributed by atoms with Gasteiger partial charge in [-0.15, -0.1) is 0 Å². The third kappa shape index (κ3) is 5.16. The molecule has 0 fully saturated rings. The Bertz CT molecular complexity index is 2320. The molecule has 0 saturated heterocycles. The van der Waals surface area contributed by atoms with E-state index in [0.29, 0.717) is 32.9 Å². The van der Waals surface area contributed by atoms with Gasteiger partial charge in [0, 0.05) is 27.9 Å². The summed E-state index contributed by atoms with van der Waals surface area (Å²) in [6, 6.07) is 39.9. The van der Waals surface area contributed by atoms with Gasteiger partial charge >= 0.3 is 0 Å². The quantitative estimate of drug-likeness (QED) is 0.200. The van der Waals surface area contributed by atoms with Gasteiger partial charge in [0.05, 0.1) is 15.6 Å². The van der Waals surface area contributed by atoms with Crippen LogP contribution in [0.3, 0.4) is 0 Å². The van der Waals surface area contributed by atoms with Gasteiger partial charge in [-0.05, 0) is 94.0 Å². The van der Waals surface area contributed by atoms with Gasteiger partial charge < -0.3 is 10.6 Å². The van der Waals surface area contributed by atoms with Crippen molar-refractivity contribution in [3.8, 4) is 22.5 Å². The highest BCUT2D eigenvalue weighted by Gasteiger charge is 2.19. The molecule has 8 rings (SSSR count). The van der Waals surface area contributed by atoms with E-state index in [1.165, 1.54) is 22.3 Å². The summed E-state index contributed by atoms with van der Waals surface area (Å²) in [4.78, 5) is 23.1. The van der Waals surface area contributed by atoms with E-state index >= 15 is 0 Å². The van der Waals surface area contributed by atoms with Crippen LogP contribution < -0.4 is 10.6 Å². The average Bonchev–Trinajstić information content (AvgIpc) is 3.43. The number of amides is 1. The Hall–Kier alpha value is -5.23. The molecule has 0 radical (unpaired) electrons. The molecule has 1 aliphatic rings. The van der Waals surface area contributed by atoms with E-state index in [9.17, 15) is 4.79 Å². The lowest BCUT2D eigenvalue weighted by molar-refractivity contribution is 0.102. The highest BCUT2D eigenvalue weighted by atomic mass is 35.5. The highest BCUT2D eigenvalue weighted by Crippen LogP contribution is 2.39. The molecule has 1 amide bonds. The van der Waals surface area contributed by atoms with E-state index < -0.39 is 0 Å². The molecule has 1 aliphatic carbocycles. The van der Waals surface area contributed by atoms with Crippen LogP contribution in [-0.4, -0.2) is 15.9 Å². The van der Waals surface area contributed by atoms with E-state index in [1.54, 1.807) is 18.2 Å². The first kappa shape index (κ1) is 27.3. The maximum atomic E-state index is 13.1. The topological polar surface area (TPSA) is 66.9 Å². The van der Waals surface area contributed by atoms with Crippen molar-refractivity contribution in [2.45, 2.75) is 6.42 Å². The number of anilines is 3. The van der Waals surface area contributed by atoms with E-state index in [0.717, 1.165) is 39.3 Å². The third-order valence-corrected chi connectivity index (χ3v) is 8.94. The van der Waals surface area contributed by atoms with Gasteiger partial charge in [0.2, 0.25) is 0 Å². The molecule has 6 aromatic carbocycles. The van der Waals surface area contributed by atoms with Crippen LogP contribution in [0, 0.1) is 0 Å². The molecule has 0 spiro atoms. The standard InChI is InChI=1S/C38H24Cl2N4O/c39-33-15-11-26(20-34(33)40)38(45)42-29-13-16-35-32(21-29)37(44-36(43-35)25-10-9-22-5-1-2-6-23(22)17-25)41-28-12-14-31-27(19-28)18-24-7-3-4-8-30(24)31/h1-17,19-21H,18H2,(H,42,45)(H,41,43,44). The number of nitrogens with zero attached hydrogens (tertiary/aromatic N) is 2. The van der Waals surface area contributed by atoms with E-state index in [-0.39, 0.29) is 5.91 Å². The summed E-state index contributed by atoms with van der Waals surface area (Å²) >= 11 is 12.2. The molecular formula is C38H24Cl2N4O. The Balaban J connectivity index is 1.20. The Morgan fingerprint density at radius 3 is 2.33 bits per heavy atom. The number of fused-ring (bicyclic) bond motifs is 5. The third-order valence-electron chi connectivity index (χ3n) is 8.20. The Morgan fingerprint density at radius 1 is 0.644 bits per heavy atom. The Morgan fingerprint density at radius 2 is 1.44 bits per heavy atom. The van der Waals surface area contributed by atoms with Crippen LogP contribution in [0.5, 0.6) is 0 Å². The minimum Gasteiger partial charge on any atom is -0.340 e. The van der Waals surface area contributed by atoms with Crippen molar-refractivity contribution in [3.63, 3.8) is 0 Å². The first-order valence-electron chi connectivity index (χ1n) is 14.5. The van der Waals surface area contributed by atoms with Gasteiger partial charge in [0.25, 0.3) is 5.91 Å². The normalized spacial score (nSPS) is 11.8. The summed E-state index contributed by atoms with van der Waals surface area (Å²) in [5.74, 6) is 0.954. The van der Waals surface area contributed by atoms with Gasteiger partial charge in [-0.1, -0.05) is 89.9 Å². The summed E-state index contributed by atoms with van der Waals surface area (Å²) in [6.07, 6.45) is 0.888. The number of hydrogen-bond acceptors (Lipinski definition) is 4.